The molecule has 0 N–H and O–H groups in total. The third kappa shape index (κ3) is 17.5. The molecule has 0 aliphatic carbocycles. The maximum Gasteiger partial charge on any atom is 1.00 e. The average molecular weight is 244 g/mol. The van der Waals surface area contributed by atoms with Crippen LogP contribution in [0, 0.1) is 5.92 Å². The molecule has 0 amide bonds. The van der Waals surface area contributed by atoms with Crippen molar-refractivity contribution < 1.29 is 42.5 Å². The Bertz CT molecular complexity index is 225. The van der Waals surface area contributed by atoms with Gasteiger partial charge in [-0.3, -0.25) is 0 Å². The van der Waals surface area contributed by atoms with Gasteiger partial charge in [-0.2, -0.15) is 0 Å². The zero-order valence-corrected chi connectivity index (χ0v) is 13.0. The summed E-state index contributed by atoms with van der Waals surface area (Å²) in [5.74, 6) is 0.550. The van der Waals surface area contributed by atoms with Crippen LogP contribution in [0.2, 0.25) is 0 Å². The van der Waals surface area contributed by atoms with Gasteiger partial charge in [0.05, 0.1) is 10.1 Å². The van der Waals surface area contributed by atoms with Crippen LogP contribution in [-0.2, 0) is 10.1 Å². The predicted molar refractivity (Wildman–Crippen MR) is 57.1 cm³/mol. The molecule has 0 saturated carbocycles. The van der Waals surface area contributed by atoms with Gasteiger partial charge in [-0.25, -0.2) is 8.42 Å². The minimum atomic E-state index is -3.98. The first-order valence-electron chi connectivity index (χ1n) is 5.35. The molecule has 0 spiro atoms. The summed E-state index contributed by atoms with van der Waals surface area (Å²) in [5, 5.41) is 0. The molecular formula is C10H21NaO3S. The smallest absolute Gasteiger partial charge is 0.748 e. The monoisotopic (exact) mass is 244 g/mol. The van der Waals surface area contributed by atoms with Crippen LogP contribution in [0.3, 0.4) is 0 Å². The van der Waals surface area contributed by atoms with Crippen LogP contribution >= 0.6 is 0 Å². The van der Waals surface area contributed by atoms with E-state index in [0.717, 1.165) is 25.2 Å². The van der Waals surface area contributed by atoms with E-state index in [2.05, 4.69) is 13.8 Å². The van der Waals surface area contributed by atoms with Crippen molar-refractivity contribution in [3.63, 3.8) is 0 Å². The Labute approximate surface area is 116 Å². The molecule has 0 aliphatic rings. The maximum absolute atomic E-state index is 10.3. The van der Waals surface area contributed by atoms with E-state index in [-0.39, 0.29) is 35.3 Å². The van der Waals surface area contributed by atoms with Crippen LogP contribution in [-0.4, -0.2) is 18.7 Å². The van der Waals surface area contributed by atoms with Gasteiger partial charge in [0.1, 0.15) is 0 Å². The zero-order chi connectivity index (χ0) is 11.0. The normalized spacial score (nSPS) is 11.5. The first-order valence-corrected chi connectivity index (χ1v) is 6.93. The van der Waals surface area contributed by atoms with Crippen LogP contribution in [0.1, 0.15) is 52.4 Å². The van der Waals surface area contributed by atoms with Crippen molar-refractivity contribution in [3.05, 3.63) is 0 Å². The number of hydrogen-bond donors (Lipinski definition) is 0. The molecule has 86 valence electrons. The Morgan fingerprint density at radius 3 is 1.93 bits per heavy atom. The fourth-order valence-electron chi connectivity index (χ4n) is 1.36. The standard InChI is InChI=1S/C10H22O3S.Na/c1-10(2)8-6-4-3-5-7-9-14(11,12)13;/h10H,3-9H2,1-2H3,(H,11,12,13);/q;+1/p-1. The van der Waals surface area contributed by atoms with Gasteiger partial charge in [0.2, 0.25) is 0 Å². The summed E-state index contributed by atoms with van der Waals surface area (Å²) in [6, 6.07) is 0. The van der Waals surface area contributed by atoms with E-state index in [1.54, 1.807) is 0 Å². The van der Waals surface area contributed by atoms with Gasteiger partial charge in [-0.1, -0.05) is 46.0 Å². The summed E-state index contributed by atoms with van der Waals surface area (Å²) in [6.07, 6.45) is 6.02. The third-order valence-corrected chi connectivity index (χ3v) is 2.96. The third-order valence-electron chi connectivity index (χ3n) is 2.18. The van der Waals surface area contributed by atoms with Crippen LogP contribution < -0.4 is 29.6 Å². The molecule has 0 atom stereocenters. The first kappa shape index (κ1) is 18.3. The number of rotatable bonds is 8. The Kier molecular flexibility index (Phi) is 12.3. The first-order chi connectivity index (χ1) is 6.42. The molecule has 0 aromatic heterocycles. The van der Waals surface area contributed by atoms with Crippen LogP contribution in [0.25, 0.3) is 0 Å². The second-order valence-corrected chi connectivity index (χ2v) is 5.74. The largest absolute Gasteiger partial charge is 1.00 e. The van der Waals surface area contributed by atoms with E-state index >= 15 is 0 Å². The van der Waals surface area contributed by atoms with Crippen molar-refractivity contribution in [1.82, 2.24) is 0 Å². The zero-order valence-electron chi connectivity index (χ0n) is 10.2. The SMILES string of the molecule is CC(C)CCCCCCCS(=O)(=O)[O-].[Na+]. The molecule has 0 radical (unpaired) electrons. The van der Waals surface area contributed by atoms with E-state index in [1.807, 2.05) is 0 Å². The van der Waals surface area contributed by atoms with E-state index < -0.39 is 10.1 Å². The van der Waals surface area contributed by atoms with Gasteiger partial charge in [-0.05, 0) is 12.3 Å². The Morgan fingerprint density at radius 1 is 1.00 bits per heavy atom. The van der Waals surface area contributed by atoms with Crippen molar-refractivity contribution >= 4 is 10.1 Å². The second kappa shape index (κ2) is 10.1. The fraction of sp³-hybridized carbons (Fsp3) is 1.00. The van der Waals surface area contributed by atoms with E-state index in [1.165, 1.54) is 12.8 Å². The van der Waals surface area contributed by atoms with Crippen molar-refractivity contribution in [2.45, 2.75) is 52.4 Å². The van der Waals surface area contributed by atoms with E-state index in [0.29, 0.717) is 6.42 Å². The van der Waals surface area contributed by atoms with Gasteiger partial charge in [-0.15, -0.1) is 0 Å². The Hall–Kier alpha value is 0.910. The Balaban J connectivity index is 0. The molecule has 0 aromatic rings. The quantitative estimate of drug-likeness (QED) is 0.329. The van der Waals surface area contributed by atoms with Crippen molar-refractivity contribution in [2.24, 2.45) is 5.92 Å². The summed E-state index contributed by atoms with van der Waals surface area (Å²) in [7, 11) is -3.98. The molecule has 0 fully saturated rings. The Morgan fingerprint density at radius 2 is 1.47 bits per heavy atom. The van der Waals surface area contributed by atoms with Crippen molar-refractivity contribution in [3.8, 4) is 0 Å². The maximum atomic E-state index is 10.3. The van der Waals surface area contributed by atoms with Crippen molar-refractivity contribution in [1.29, 1.82) is 0 Å². The molecule has 15 heavy (non-hydrogen) atoms. The molecule has 3 nitrogen and oxygen atoms in total. The van der Waals surface area contributed by atoms with Crippen LogP contribution in [0.15, 0.2) is 0 Å². The molecule has 0 heterocycles. The number of hydrogen-bond acceptors (Lipinski definition) is 3. The minimum absolute atomic E-state index is 0. The second-order valence-electron chi connectivity index (χ2n) is 4.21. The summed E-state index contributed by atoms with van der Waals surface area (Å²) in [6.45, 7) is 4.40. The van der Waals surface area contributed by atoms with Crippen molar-refractivity contribution in [2.75, 3.05) is 5.75 Å². The van der Waals surface area contributed by atoms with E-state index in [9.17, 15) is 13.0 Å². The molecule has 0 rings (SSSR count). The molecule has 0 saturated heterocycles. The summed E-state index contributed by atoms with van der Waals surface area (Å²) >= 11 is 0. The van der Waals surface area contributed by atoms with Gasteiger partial charge in [0.15, 0.2) is 0 Å². The van der Waals surface area contributed by atoms with Gasteiger partial charge >= 0.3 is 29.6 Å². The van der Waals surface area contributed by atoms with Crippen LogP contribution in [0.5, 0.6) is 0 Å². The molecule has 0 bridgehead atoms. The molecular weight excluding hydrogens is 223 g/mol. The molecule has 0 unspecified atom stereocenters. The molecule has 0 aromatic carbocycles. The predicted octanol–water partition coefficient (Wildman–Crippen LogP) is -0.468. The average Bonchev–Trinajstić information content (AvgIpc) is 2.00. The summed E-state index contributed by atoms with van der Waals surface area (Å²) < 4.78 is 30.8. The minimum Gasteiger partial charge on any atom is -0.748 e. The van der Waals surface area contributed by atoms with Gasteiger partial charge in [0.25, 0.3) is 0 Å². The number of unbranched alkanes of at least 4 members (excludes halogenated alkanes) is 4. The topological polar surface area (TPSA) is 57.2 Å². The summed E-state index contributed by atoms with van der Waals surface area (Å²) in [5.41, 5.74) is 0. The summed E-state index contributed by atoms with van der Waals surface area (Å²) in [4.78, 5) is 0. The molecule has 5 heteroatoms. The van der Waals surface area contributed by atoms with Gasteiger partial charge in [0, 0.05) is 5.75 Å². The van der Waals surface area contributed by atoms with E-state index in [4.69, 9.17) is 0 Å². The molecule has 0 aliphatic heterocycles. The van der Waals surface area contributed by atoms with Gasteiger partial charge < -0.3 is 4.55 Å². The van der Waals surface area contributed by atoms with Crippen LogP contribution in [0.4, 0.5) is 0 Å². The fourth-order valence-corrected chi connectivity index (χ4v) is 1.92.